The van der Waals surface area contributed by atoms with Gasteiger partial charge >= 0.3 is 0 Å². The van der Waals surface area contributed by atoms with Crippen LogP contribution in [0.1, 0.15) is 6.92 Å². The van der Waals surface area contributed by atoms with Crippen LogP contribution < -0.4 is 0 Å². The number of hydrogen-bond acceptors (Lipinski definition) is 3. The Balaban J connectivity index is 0. The molecule has 1 heterocycles. The molecule has 0 fully saturated rings. The molecule has 1 aromatic rings. The minimum atomic E-state index is 0. The van der Waals surface area contributed by atoms with Crippen molar-refractivity contribution in [2.75, 3.05) is 6.61 Å². The summed E-state index contributed by atoms with van der Waals surface area (Å²) >= 11 is 8.12. The van der Waals surface area contributed by atoms with E-state index in [9.17, 15) is 0 Å². The maximum atomic E-state index is 4.64. The molecule has 76 valence electrons. The molecule has 0 aliphatic heterocycles. The van der Waals surface area contributed by atoms with Gasteiger partial charge < -0.3 is 4.74 Å². The summed E-state index contributed by atoms with van der Waals surface area (Å²) in [6.07, 6.45) is 3.50. The van der Waals surface area contributed by atoms with Gasteiger partial charge in [-0.05, 0) is 31.3 Å². The maximum absolute atomic E-state index is 4.64. The molecule has 0 saturated carbocycles. The Morgan fingerprint density at radius 3 is 2.00 bits per heavy atom. The van der Waals surface area contributed by atoms with Crippen LogP contribution in [-0.2, 0) is 21.2 Å². The van der Waals surface area contributed by atoms with Crippen molar-refractivity contribution in [3.63, 3.8) is 0 Å². The summed E-state index contributed by atoms with van der Waals surface area (Å²) in [6, 6.07) is 5.72. The van der Waals surface area contributed by atoms with E-state index in [1.807, 2.05) is 25.1 Å². The van der Waals surface area contributed by atoms with Crippen LogP contribution in [-0.4, -0.2) is 16.0 Å². The van der Waals surface area contributed by atoms with Gasteiger partial charge in [0.05, 0.1) is 6.61 Å². The zero-order valence-corrected chi connectivity index (χ0v) is 9.82. The standard InChI is InChI=1S/C5H5N.C3H6OS2.Ni/c1-2-4-6-5-3-1;1-2-4-3(5)6;/h1-5H;2H2,1H3,(H,5,6);. The van der Waals surface area contributed by atoms with Crippen LogP contribution in [0, 0.1) is 0 Å². The summed E-state index contributed by atoms with van der Waals surface area (Å²) in [5.41, 5.74) is 0. The molecule has 0 N–H and O–H groups in total. The predicted octanol–water partition coefficient (Wildman–Crippen LogP) is 2.32. The molecule has 1 aromatic heterocycles. The Morgan fingerprint density at radius 2 is 1.92 bits per heavy atom. The van der Waals surface area contributed by atoms with Gasteiger partial charge in [0.2, 0.25) is 4.38 Å². The molecule has 2 nitrogen and oxygen atoms in total. The van der Waals surface area contributed by atoms with Gasteiger partial charge in [-0.1, -0.05) is 18.7 Å². The average molecular weight is 260 g/mol. The maximum Gasteiger partial charge on any atom is 0.216 e. The fourth-order valence-corrected chi connectivity index (χ4v) is 0.683. The normalized spacial score (nSPS) is 7.23. The Kier molecular flexibility index (Phi) is 14.0. The van der Waals surface area contributed by atoms with Crippen molar-refractivity contribution in [3.8, 4) is 0 Å². The van der Waals surface area contributed by atoms with E-state index in [1.165, 1.54) is 0 Å². The van der Waals surface area contributed by atoms with Gasteiger partial charge in [-0.15, -0.1) is 0 Å². The summed E-state index contributed by atoms with van der Waals surface area (Å²) in [7, 11) is 0. The Bertz CT molecular complexity index is 182. The van der Waals surface area contributed by atoms with Crippen molar-refractivity contribution in [1.82, 2.24) is 4.98 Å². The molecule has 0 aliphatic carbocycles. The minimum Gasteiger partial charge on any atom is -0.479 e. The molecule has 1 rings (SSSR count). The number of ether oxygens (including phenoxy) is 1. The zero-order chi connectivity index (χ0) is 9.23. The molecule has 0 amide bonds. The molecule has 0 spiro atoms. The van der Waals surface area contributed by atoms with Crippen LogP contribution in [0.5, 0.6) is 0 Å². The van der Waals surface area contributed by atoms with E-state index in [1.54, 1.807) is 12.4 Å². The van der Waals surface area contributed by atoms with Crippen LogP contribution in [0.3, 0.4) is 0 Å². The third-order valence-corrected chi connectivity index (χ3v) is 1.08. The summed E-state index contributed by atoms with van der Waals surface area (Å²) < 4.78 is 4.95. The van der Waals surface area contributed by atoms with E-state index < -0.39 is 0 Å². The first kappa shape index (κ1) is 15.4. The summed E-state index contributed by atoms with van der Waals surface area (Å²) in [5.74, 6) is 0. The molecule has 0 radical (unpaired) electrons. The molecule has 0 atom stereocenters. The Morgan fingerprint density at radius 1 is 1.38 bits per heavy atom. The van der Waals surface area contributed by atoms with E-state index >= 15 is 0 Å². The number of pyridine rings is 1. The van der Waals surface area contributed by atoms with Gasteiger partial charge in [-0.25, -0.2) is 0 Å². The molecule has 0 aromatic carbocycles. The van der Waals surface area contributed by atoms with Crippen molar-refractivity contribution >= 4 is 29.2 Å². The molecule has 0 unspecified atom stereocenters. The van der Waals surface area contributed by atoms with Crippen LogP contribution in [0.15, 0.2) is 30.6 Å². The number of hydrogen-bond donors (Lipinski definition) is 1. The molecular formula is C8H11NNiOS2. The number of aromatic nitrogens is 1. The Labute approximate surface area is 99.4 Å². The topological polar surface area (TPSA) is 22.1 Å². The van der Waals surface area contributed by atoms with Crippen molar-refractivity contribution in [3.05, 3.63) is 30.6 Å². The van der Waals surface area contributed by atoms with E-state index in [0.29, 0.717) is 11.0 Å². The minimum absolute atomic E-state index is 0. The number of nitrogens with zero attached hydrogens (tertiary/aromatic N) is 1. The second-order valence-electron chi connectivity index (χ2n) is 1.72. The summed E-state index contributed by atoms with van der Waals surface area (Å²) in [5, 5.41) is 0. The number of thiocarbonyl (C=S) groups is 1. The third kappa shape index (κ3) is 14.7. The fraction of sp³-hybridized carbons (Fsp3) is 0.250. The molecule has 5 heteroatoms. The van der Waals surface area contributed by atoms with Gasteiger partial charge in [-0.3, -0.25) is 4.98 Å². The first-order valence-corrected chi connectivity index (χ1v) is 4.33. The second-order valence-corrected chi connectivity index (χ2v) is 2.80. The van der Waals surface area contributed by atoms with E-state index in [2.05, 4.69) is 34.6 Å². The van der Waals surface area contributed by atoms with E-state index in [0.717, 1.165) is 0 Å². The van der Waals surface area contributed by atoms with E-state index in [-0.39, 0.29) is 16.5 Å². The van der Waals surface area contributed by atoms with E-state index in [4.69, 9.17) is 0 Å². The van der Waals surface area contributed by atoms with Crippen molar-refractivity contribution in [2.45, 2.75) is 6.92 Å². The smallest absolute Gasteiger partial charge is 0.216 e. The van der Waals surface area contributed by atoms with Crippen molar-refractivity contribution in [2.24, 2.45) is 0 Å². The van der Waals surface area contributed by atoms with Crippen LogP contribution >= 0.6 is 24.8 Å². The Hall–Kier alpha value is -0.116. The largest absolute Gasteiger partial charge is 0.479 e. The molecule has 0 aliphatic rings. The molecule has 0 bridgehead atoms. The number of thiol groups is 1. The van der Waals surface area contributed by atoms with Crippen LogP contribution in [0.25, 0.3) is 0 Å². The van der Waals surface area contributed by atoms with Crippen LogP contribution in [0.2, 0.25) is 0 Å². The van der Waals surface area contributed by atoms with Gasteiger partial charge in [0.15, 0.2) is 0 Å². The third-order valence-electron chi connectivity index (χ3n) is 0.834. The average Bonchev–Trinajstić information content (AvgIpc) is 2.08. The summed E-state index contributed by atoms with van der Waals surface area (Å²) in [4.78, 5) is 3.78. The fourth-order valence-electron chi connectivity index (χ4n) is 0.436. The monoisotopic (exact) mass is 259 g/mol. The first-order valence-electron chi connectivity index (χ1n) is 3.48. The number of rotatable bonds is 1. The second kappa shape index (κ2) is 11.9. The van der Waals surface area contributed by atoms with Gasteiger partial charge in [0, 0.05) is 28.9 Å². The van der Waals surface area contributed by atoms with Crippen molar-refractivity contribution in [1.29, 1.82) is 0 Å². The predicted molar refractivity (Wildman–Crippen MR) is 57.4 cm³/mol. The molecular weight excluding hydrogens is 249 g/mol. The summed E-state index contributed by atoms with van der Waals surface area (Å²) in [6.45, 7) is 2.48. The van der Waals surface area contributed by atoms with Crippen molar-refractivity contribution < 1.29 is 21.2 Å². The van der Waals surface area contributed by atoms with Crippen LogP contribution in [0.4, 0.5) is 0 Å². The first-order chi connectivity index (χ1) is 5.77. The van der Waals surface area contributed by atoms with Gasteiger partial charge in [0.1, 0.15) is 0 Å². The quantitative estimate of drug-likeness (QED) is 0.476. The SMILES string of the molecule is CCOC(=S)S.[Ni].c1ccncc1. The zero-order valence-electron chi connectivity index (χ0n) is 7.12. The van der Waals surface area contributed by atoms with Gasteiger partial charge in [0.25, 0.3) is 0 Å². The molecule has 0 saturated heterocycles. The molecule has 13 heavy (non-hydrogen) atoms. The van der Waals surface area contributed by atoms with Gasteiger partial charge in [-0.2, -0.15) is 0 Å².